The lowest BCUT2D eigenvalue weighted by Crippen LogP contribution is -2.32. The summed E-state index contributed by atoms with van der Waals surface area (Å²) in [7, 11) is 0. The third kappa shape index (κ3) is 5.72. The molecule has 4 nitrogen and oxygen atoms in total. The second kappa shape index (κ2) is 9.61. The smallest absolute Gasteiger partial charge is 0.186 e. The molecule has 0 aliphatic carbocycles. The van der Waals surface area contributed by atoms with E-state index in [1.54, 1.807) is 17.4 Å². The first-order valence-electron chi connectivity index (χ1n) is 9.40. The molecule has 152 valence electrons. The number of rotatable bonds is 8. The van der Waals surface area contributed by atoms with Crippen LogP contribution in [0.4, 0.5) is 5.13 Å². The van der Waals surface area contributed by atoms with Crippen molar-refractivity contribution in [3.63, 3.8) is 0 Å². The van der Waals surface area contributed by atoms with E-state index in [-0.39, 0.29) is 5.84 Å². The van der Waals surface area contributed by atoms with Crippen LogP contribution >= 0.6 is 34.5 Å². The Balaban J connectivity index is 2.02. The van der Waals surface area contributed by atoms with Gasteiger partial charge in [0.05, 0.1) is 22.3 Å². The number of nitrogens with two attached hydrogens (primary N) is 1. The van der Waals surface area contributed by atoms with E-state index in [1.165, 1.54) is 4.88 Å². The maximum atomic E-state index is 7.81. The van der Waals surface area contributed by atoms with Crippen LogP contribution in [0, 0.1) is 11.3 Å². The molecule has 1 heterocycles. The van der Waals surface area contributed by atoms with Gasteiger partial charge in [0.2, 0.25) is 0 Å². The minimum Gasteiger partial charge on any atom is -0.386 e. The third-order valence-electron chi connectivity index (χ3n) is 4.32. The Bertz CT molecular complexity index is 986. The van der Waals surface area contributed by atoms with Gasteiger partial charge in [-0.2, -0.15) is 0 Å². The molecule has 3 aromatic rings. The van der Waals surface area contributed by atoms with Gasteiger partial charge in [0.15, 0.2) is 5.13 Å². The predicted octanol–water partition coefficient (Wildman–Crippen LogP) is 6.26. The molecule has 2 aromatic carbocycles. The molecule has 0 spiro atoms. The second-order valence-electron chi connectivity index (χ2n) is 7.36. The second-order valence-corrected chi connectivity index (χ2v) is 9.24. The van der Waals surface area contributed by atoms with Gasteiger partial charge < -0.3 is 10.6 Å². The number of benzene rings is 2. The Labute approximate surface area is 185 Å². The van der Waals surface area contributed by atoms with Crippen LogP contribution in [0.1, 0.15) is 24.3 Å². The van der Waals surface area contributed by atoms with E-state index in [4.69, 9.17) is 39.3 Å². The fraction of sp³-hybridized carbons (Fsp3) is 0.273. The third-order valence-corrected chi connectivity index (χ3v) is 6.20. The maximum absolute atomic E-state index is 7.81. The molecular weight excluding hydrogens is 423 g/mol. The van der Waals surface area contributed by atoms with Gasteiger partial charge in [0.25, 0.3) is 0 Å². The van der Waals surface area contributed by atoms with Crippen molar-refractivity contribution in [1.82, 2.24) is 4.98 Å². The molecular formula is C22H24Cl2N4S. The molecule has 0 radical (unpaired) electrons. The van der Waals surface area contributed by atoms with Crippen LogP contribution in [0.25, 0.3) is 11.3 Å². The number of nitrogens with one attached hydrogen (secondary N) is 1. The number of halogens is 2. The van der Waals surface area contributed by atoms with Gasteiger partial charge in [-0.1, -0.05) is 73.4 Å². The molecule has 0 unspecified atom stereocenters. The van der Waals surface area contributed by atoms with Crippen molar-refractivity contribution in [2.45, 2.75) is 26.8 Å². The molecule has 0 saturated carbocycles. The van der Waals surface area contributed by atoms with E-state index >= 15 is 0 Å². The summed E-state index contributed by atoms with van der Waals surface area (Å²) < 4.78 is 0. The average Bonchev–Trinajstić information content (AvgIpc) is 3.07. The highest BCUT2D eigenvalue weighted by Gasteiger charge is 2.20. The molecule has 0 aliphatic heterocycles. The first kappa shape index (κ1) is 21.6. The zero-order valence-corrected chi connectivity index (χ0v) is 18.8. The van der Waals surface area contributed by atoms with Crippen molar-refractivity contribution < 1.29 is 0 Å². The van der Waals surface area contributed by atoms with E-state index in [9.17, 15) is 0 Å². The molecule has 1 aromatic heterocycles. The van der Waals surface area contributed by atoms with Crippen LogP contribution in [0.15, 0.2) is 48.5 Å². The van der Waals surface area contributed by atoms with Gasteiger partial charge >= 0.3 is 0 Å². The Morgan fingerprint density at radius 3 is 2.48 bits per heavy atom. The van der Waals surface area contributed by atoms with Crippen LogP contribution in [0.3, 0.4) is 0 Å². The highest BCUT2D eigenvalue weighted by atomic mass is 35.5. The summed E-state index contributed by atoms with van der Waals surface area (Å²) in [5, 5.41) is 9.70. The first-order chi connectivity index (χ1) is 13.8. The summed E-state index contributed by atoms with van der Waals surface area (Å²) in [6.07, 6.45) is 0.909. The molecule has 0 bridgehead atoms. The number of aromatic nitrogens is 1. The van der Waals surface area contributed by atoms with Gasteiger partial charge in [-0.05, 0) is 30.0 Å². The number of hydrogen-bond donors (Lipinski definition) is 2. The quantitative estimate of drug-likeness (QED) is 0.317. The molecule has 29 heavy (non-hydrogen) atoms. The monoisotopic (exact) mass is 446 g/mol. The first-order valence-corrected chi connectivity index (χ1v) is 11.0. The van der Waals surface area contributed by atoms with Crippen LogP contribution in [0.2, 0.25) is 10.0 Å². The zero-order valence-electron chi connectivity index (χ0n) is 16.5. The Kier molecular flexibility index (Phi) is 7.17. The van der Waals surface area contributed by atoms with Gasteiger partial charge in [-0.25, -0.2) is 4.98 Å². The Morgan fingerprint density at radius 1 is 1.14 bits per heavy atom. The Hall–Kier alpha value is -2.08. The molecule has 0 aliphatic rings. The fourth-order valence-electron chi connectivity index (χ4n) is 3.05. The van der Waals surface area contributed by atoms with E-state index in [2.05, 4.69) is 26.0 Å². The molecule has 0 fully saturated rings. The molecule has 3 N–H and O–H groups in total. The fourth-order valence-corrected chi connectivity index (χ4v) is 4.64. The normalized spacial score (nSPS) is 11.1. The lowest BCUT2D eigenvalue weighted by molar-refractivity contribution is 0.654. The zero-order chi connectivity index (χ0) is 21.0. The molecule has 7 heteroatoms. The van der Waals surface area contributed by atoms with Gasteiger partial charge in [0.1, 0.15) is 5.84 Å². The summed E-state index contributed by atoms with van der Waals surface area (Å²) in [4.78, 5) is 8.18. The van der Waals surface area contributed by atoms with Crippen molar-refractivity contribution in [2.24, 2.45) is 11.7 Å². The number of hydrogen-bond acceptors (Lipinski definition) is 4. The molecule has 0 saturated heterocycles. The van der Waals surface area contributed by atoms with Crippen LogP contribution in [-0.4, -0.2) is 17.4 Å². The minimum absolute atomic E-state index is 0.109. The summed E-state index contributed by atoms with van der Waals surface area (Å²) in [5.74, 6) is 0.595. The predicted molar refractivity (Wildman–Crippen MR) is 126 cm³/mol. The molecule has 0 amide bonds. The van der Waals surface area contributed by atoms with Gasteiger partial charge in [-0.3, -0.25) is 5.41 Å². The number of thiazole rings is 1. The van der Waals surface area contributed by atoms with Crippen LogP contribution in [0.5, 0.6) is 0 Å². The largest absolute Gasteiger partial charge is 0.386 e. The maximum Gasteiger partial charge on any atom is 0.186 e. The Morgan fingerprint density at radius 2 is 1.86 bits per heavy atom. The molecule has 3 rings (SSSR count). The van der Waals surface area contributed by atoms with E-state index in [0.29, 0.717) is 29.1 Å². The van der Waals surface area contributed by atoms with Gasteiger partial charge in [-0.15, -0.1) is 11.3 Å². The van der Waals surface area contributed by atoms with Gasteiger partial charge in [0, 0.05) is 17.0 Å². The minimum atomic E-state index is 0.109. The summed E-state index contributed by atoms with van der Waals surface area (Å²) in [6.45, 7) is 5.34. The van der Waals surface area contributed by atoms with Crippen molar-refractivity contribution >= 4 is 45.5 Å². The SMILES string of the molecule is CC(C)Cc1sc(N(CC(=N)N)Cc2ccccc2)nc1-c1ccc(Cl)c(Cl)c1. The lowest BCUT2D eigenvalue weighted by Gasteiger charge is -2.21. The number of anilines is 1. The van der Waals surface area contributed by atoms with E-state index in [1.807, 2.05) is 35.2 Å². The van der Waals surface area contributed by atoms with Crippen molar-refractivity contribution in [2.75, 3.05) is 11.4 Å². The van der Waals surface area contributed by atoms with E-state index < -0.39 is 0 Å². The summed E-state index contributed by atoms with van der Waals surface area (Å²) >= 11 is 14.0. The van der Waals surface area contributed by atoms with Crippen molar-refractivity contribution in [3.05, 3.63) is 69.0 Å². The van der Waals surface area contributed by atoms with E-state index in [0.717, 1.165) is 28.4 Å². The topological polar surface area (TPSA) is 66.0 Å². The summed E-state index contributed by atoms with van der Waals surface area (Å²) in [6, 6.07) is 15.7. The number of nitrogens with zero attached hydrogens (tertiary/aromatic N) is 2. The van der Waals surface area contributed by atoms with Crippen LogP contribution < -0.4 is 10.6 Å². The lowest BCUT2D eigenvalue weighted by atomic mass is 10.0. The number of amidine groups is 1. The molecule has 0 atom stereocenters. The van der Waals surface area contributed by atoms with Crippen LogP contribution in [-0.2, 0) is 13.0 Å². The van der Waals surface area contributed by atoms with Crippen molar-refractivity contribution in [3.8, 4) is 11.3 Å². The standard InChI is InChI=1S/C22H24Cl2N4S/c1-14(2)10-19-21(16-8-9-17(23)18(24)11-16)27-22(29-19)28(13-20(25)26)12-15-6-4-3-5-7-15/h3-9,11,14H,10,12-13H2,1-2H3,(H3,25,26). The highest BCUT2D eigenvalue weighted by molar-refractivity contribution is 7.16. The highest BCUT2D eigenvalue weighted by Crippen LogP contribution is 2.37. The van der Waals surface area contributed by atoms with Crippen molar-refractivity contribution in [1.29, 1.82) is 5.41 Å². The summed E-state index contributed by atoms with van der Waals surface area (Å²) in [5.41, 5.74) is 8.75. The average molecular weight is 447 g/mol.